The molecule has 1 rings (SSSR count). The number of thiol groups is 1. The van der Waals surface area contributed by atoms with Crippen molar-refractivity contribution in [2.45, 2.75) is 18.6 Å². The summed E-state index contributed by atoms with van der Waals surface area (Å²) < 4.78 is 4.99. The number of nitrogen functional groups attached to an aromatic ring is 1. The zero-order valence-electron chi connectivity index (χ0n) is 9.00. The molecule has 0 radical (unpaired) electrons. The van der Waals surface area contributed by atoms with Crippen LogP contribution in [0, 0.1) is 0 Å². The molecule has 1 heterocycles. The van der Waals surface area contributed by atoms with Crippen LogP contribution in [0.4, 0.5) is 5.69 Å². The van der Waals surface area contributed by atoms with Gasteiger partial charge in [0.25, 0.3) is 0 Å². The van der Waals surface area contributed by atoms with Crippen molar-refractivity contribution < 1.29 is 14.9 Å². The normalized spacial score (nSPS) is 14.5. The van der Waals surface area contributed by atoms with Crippen LogP contribution >= 0.6 is 12.6 Å². The minimum Gasteiger partial charge on any atom is -0.481 e. The van der Waals surface area contributed by atoms with E-state index < -0.39 is 12.2 Å². The second-order valence-corrected chi connectivity index (χ2v) is 3.84. The van der Waals surface area contributed by atoms with Crippen molar-refractivity contribution in [3.8, 4) is 5.88 Å². The van der Waals surface area contributed by atoms with Crippen LogP contribution in [0.25, 0.3) is 0 Å². The summed E-state index contributed by atoms with van der Waals surface area (Å²) in [5.41, 5.74) is 6.36. The lowest BCUT2D eigenvalue weighted by Gasteiger charge is -2.19. The van der Waals surface area contributed by atoms with Crippen LogP contribution in [-0.2, 0) is 0 Å². The number of aromatic nitrogens is 1. The highest BCUT2D eigenvalue weighted by Crippen LogP contribution is 2.28. The molecule has 2 atom stereocenters. The van der Waals surface area contributed by atoms with E-state index in [0.717, 1.165) is 0 Å². The highest BCUT2D eigenvalue weighted by molar-refractivity contribution is 7.80. The lowest BCUT2D eigenvalue weighted by molar-refractivity contribution is 0.0156. The number of methoxy groups -OCH3 is 1. The van der Waals surface area contributed by atoms with E-state index in [0.29, 0.717) is 23.4 Å². The van der Waals surface area contributed by atoms with Gasteiger partial charge >= 0.3 is 0 Å². The molecule has 1 aromatic heterocycles. The number of hydrogen-bond donors (Lipinski definition) is 4. The van der Waals surface area contributed by atoms with E-state index in [-0.39, 0.29) is 5.88 Å². The van der Waals surface area contributed by atoms with E-state index in [1.807, 2.05) is 0 Å². The first-order valence-corrected chi connectivity index (χ1v) is 5.49. The van der Waals surface area contributed by atoms with Gasteiger partial charge in [-0.25, -0.2) is 4.98 Å². The fourth-order valence-electron chi connectivity index (χ4n) is 1.37. The van der Waals surface area contributed by atoms with E-state index in [4.69, 9.17) is 10.5 Å². The fraction of sp³-hybridized carbons (Fsp3) is 0.500. The summed E-state index contributed by atoms with van der Waals surface area (Å²) in [7, 11) is 1.44. The molecule has 5 nitrogen and oxygen atoms in total. The van der Waals surface area contributed by atoms with Crippen molar-refractivity contribution in [1.82, 2.24) is 4.98 Å². The van der Waals surface area contributed by atoms with Gasteiger partial charge in [0.2, 0.25) is 5.88 Å². The molecule has 2 unspecified atom stereocenters. The maximum atomic E-state index is 9.90. The summed E-state index contributed by atoms with van der Waals surface area (Å²) in [6, 6.07) is 1.54. The van der Waals surface area contributed by atoms with Gasteiger partial charge in [0.15, 0.2) is 0 Å². The average Bonchev–Trinajstić information content (AvgIpc) is 2.28. The maximum Gasteiger partial charge on any atom is 0.219 e. The highest BCUT2D eigenvalue weighted by Gasteiger charge is 2.22. The van der Waals surface area contributed by atoms with E-state index in [1.54, 1.807) is 0 Å². The van der Waals surface area contributed by atoms with Gasteiger partial charge in [-0.2, -0.15) is 12.6 Å². The van der Waals surface area contributed by atoms with Gasteiger partial charge in [0, 0.05) is 5.56 Å². The number of pyridine rings is 1. The molecular weight excluding hydrogens is 228 g/mol. The lowest BCUT2D eigenvalue weighted by Crippen LogP contribution is -2.19. The zero-order valence-corrected chi connectivity index (χ0v) is 9.89. The molecule has 0 fully saturated rings. The Balaban J connectivity index is 2.96. The quantitative estimate of drug-likeness (QED) is 0.563. The number of aliphatic hydroxyl groups is 2. The largest absolute Gasteiger partial charge is 0.481 e. The molecule has 0 aliphatic rings. The molecule has 0 bridgehead atoms. The number of anilines is 1. The van der Waals surface area contributed by atoms with Gasteiger partial charge < -0.3 is 20.7 Å². The van der Waals surface area contributed by atoms with Crippen LogP contribution in [0.5, 0.6) is 5.88 Å². The van der Waals surface area contributed by atoms with Crippen molar-refractivity contribution in [2.24, 2.45) is 0 Å². The molecule has 0 aliphatic heterocycles. The molecule has 1 aromatic rings. The number of rotatable bonds is 5. The molecule has 0 aromatic carbocycles. The Morgan fingerprint density at radius 3 is 2.81 bits per heavy atom. The van der Waals surface area contributed by atoms with Crippen molar-refractivity contribution in [3.05, 3.63) is 17.8 Å². The first kappa shape index (κ1) is 13.1. The smallest absolute Gasteiger partial charge is 0.219 e. The van der Waals surface area contributed by atoms with Crippen LogP contribution in [0.3, 0.4) is 0 Å². The lowest BCUT2D eigenvalue weighted by atomic mass is 10.0. The van der Waals surface area contributed by atoms with Crippen molar-refractivity contribution in [1.29, 1.82) is 0 Å². The highest BCUT2D eigenvalue weighted by atomic mass is 32.1. The van der Waals surface area contributed by atoms with Gasteiger partial charge in [-0.15, -0.1) is 0 Å². The summed E-state index contributed by atoms with van der Waals surface area (Å²) in [5.74, 6) is 0.746. The number of nitrogens with zero attached hydrogens (tertiary/aromatic N) is 1. The van der Waals surface area contributed by atoms with Crippen LogP contribution in [0.1, 0.15) is 18.1 Å². The third-order valence-corrected chi connectivity index (χ3v) is 2.46. The minimum atomic E-state index is -1.07. The number of hydrogen-bond acceptors (Lipinski definition) is 6. The molecule has 16 heavy (non-hydrogen) atoms. The summed E-state index contributed by atoms with van der Waals surface area (Å²) in [5, 5.41) is 19.6. The predicted molar refractivity (Wildman–Crippen MR) is 64.6 cm³/mol. The predicted octanol–water partition coefficient (Wildman–Crippen LogP) is 0.387. The van der Waals surface area contributed by atoms with Gasteiger partial charge in [0.1, 0.15) is 6.10 Å². The Kier molecular flexibility index (Phi) is 4.85. The molecule has 0 saturated carbocycles. The first-order valence-electron chi connectivity index (χ1n) is 4.86. The topological polar surface area (TPSA) is 88.6 Å². The first-order chi connectivity index (χ1) is 7.60. The second-order valence-electron chi connectivity index (χ2n) is 3.39. The Labute approximate surface area is 99.7 Å². The molecule has 90 valence electrons. The van der Waals surface area contributed by atoms with Gasteiger partial charge in [-0.05, 0) is 18.2 Å². The summed E-state index contributed by atoms with van der Waals surface area (Å²) in [6.45, 7) is 0. The number of nitrogens with two attached hydrogens (primary N) is 1. The van der Waals surface area contributed by atoms with Crippen LogP contribution in [0.2, 0.25) is 0 Å². The van der Waals surface area contributed by atoms with Crippen molar-refractivity contribution in [2.75, 3.05) is 18.6 Å². The molecule has 0 saturated heterocycles. The van der Waals surface area contributed by atoms with Crippen LogP contribution in [-0.4, -0.2) is 34.2 Å². The molecule has 0 aliphatic carbocycles. The molecule has 4 N–H and O–H groups in total. The van der Waals surface area contributed by atoms with E-state index in [9.17, 15) is 10.2 Å². The Bertz CT molecular complexity index is 349. The standard InChI is InChI=1S/C10H16N2O3S/c1-15-10-7(4-6(11)5-12-10)9(14)8(13)2-3-16/h4-5,8-9,13-14,16H,2-3,11H2,1H3. The third kappa shape index (κ3) is 3.01. The van der Waals surface area contributed by atoms with Gasteiger partial charge in [-0.1, -0.05) is 0 Å². The zero-order chi connectivity index (χ0) is 12.1. The summed E-state index contributed by atoms with van der Waals surface area (Å²) in [4.78, 5) is 3.92. The average molecular weight is 244 g/mol. The van der Waals surface area contributed by atoms with Crippen molar-refractivity contribution in [3.63, 3.8) is 0 Å². The number of ether oxygens (including phenoxy) is 1. The third-order valence-electron chi connectivity index (χ3n) is 2.20. The van der Waals surface area contributed by atoms with E-state index in [1.165, 1.54) is 19.4 Å². The summed E-state index contributed by atoms with van der Waals surface area (Å²) >= 11 is 3.99. The maximum absolute atomic E-state index is 9.90. The van der Waals surface area contributed by atoms with Gasteiger partial charge in [0.05, 0.1) is 25.1 Å². The van der Waals surface area contributed by atoms with Crippen LogP contribution in [0.15, 0.2) is 12.3 Å². The molecule has 6 heteroatoms. The summed E-state index contributed by atoms with van der Waals surface area (Å²) in [6.07, 6.45) is -0.171. The Hall–Kier alpha value is -0.980. The molecule has 0 spiro atoms. The van der Waals surface area contributed by atoms with Crippen molar-refractivity contribution >= 4 is 18.3 Å². The monoisotopic (exact) mass is 244 g/mol. The fourth-order valence-corrected chi connectivity index (χ4v) is 1.63. The SMILES string of the molecule is COc1ncc(N)cc1C(O)C(O)CCS. The van der Waals surface area contributed by atoms with Crippen LogP contribution < -0.4 is 10.5 Å². The van der Waals surface area contributed by atoms with Gasteiger partial charge in [-0.3, -0.25) is 0 Å². The van der Waals surface area contributed by atoms with E-state index >= 15 is 0 Å². The Morgan fingerprint density at radius 1 is 1.56 bits per heavy atom. The number of aliphatic hydroxyl groups excluding tert-OH is 2. The molecular formula is C10H16N2O3S. The second kappa shape index (κ2) is 5.93. The minimum absolute atomic E-state index is 0.264. The Morgan fingerprint density at radius 2 is 2.25 bits per heavy atom. The van der Waals surface area contributed by atoms with E-state index in [2.05, 4.69) is 17.6 Å². The molecule has 0 amide bonds.